The summed E-state index contributed by atoms with van der Waals surface area (Å²) in [5.41, 5.74) is 1.24. The standard InChI is InChI=1S/C24H31N5O6S/c1-27-23-17(22(26-27)18-8-9-20(30)25-24(18)32)6-3-7-19(23)35-14-21(31)28-10-12-29(13-11-28)36(33,34)15-16-4-2-5-16/h3,6-7,16,18H,2,4-5,8-15H2,1H3,(H,25,30,32). The van der Waals surface area contributed by atoms with Crippen molar-refractivity contribution in [1.29, 1.82) is 0 Å². The highest BCUT2D eigenvalue weighted by atomic mass is 32.2. The second-order valence-electron chi connectivity index (χ2n) is 9.81. The maximum atomic E-state index is 12.8. The summed E-state index contributed by atoms with van der Waals surface area (Å²) < 4.78 is 34.3. The molecule has 36 heavy (non-hydrogen) atoms. The smallest absolute Gasteiger partial charge is 0.260 e. The molecule has 1 aromatic heterocycles. The van der Waals surface area contributed by atoms with Gasteiger partial charge in [-0.2, -0.15) is 9.40 Å². The van der Waals surface area contributed by atoms with E-state index in [1.165, 1.54) is 4.31 Å². The van der Waals surface area contributed by atoms with Gasteiger partial charge >= 0.3 is 0 Å². The van der Waals surface area contributed by atoms with E-state index in [9.17, 15) is 22.8 Å². The van der Waals surface area contributed by atoms with Crippen molar-refractivity contribution in [3.05, 3.63) is 23.9 Å². The first-order chi connectivity index (χ1) is 17.2. The summed E-state index contributed by atoms with van der Waals surface area (Å²) in [6.07, 6.45) is 3.71. The molecule has 0 bridgehead atoms. The topological polar surface area (TPSA) is 131 Å². The first-order valence-electron chi connectivity index (χ1n) is 12.4. The van der Waals surface area contributed by atoms with Crippen molar-refractivity contribution < 1.29 is 27.5 Å². The Balaban J connectivity index is 1.22. The normalized spacial score (nSPS) is 21.9. The van der Waals surface area contributed by atoms with E-state index in [1.54, 1.807) is 28.8 Å². The number of benzene rings is 1. The summed E-state index contributed by atoms with van der Waals surface area (Å²) in [4.78, 5) is 38.4. The van der Waals surface area contributed by atoms with Crippen LogP contribution in [0.15, 0.2) is 18.2 Å². The average molecular weight is 518 g/mol. The van der Waals surface area contributed by atoms with E-state index in [1.807, 2.05) is 6.07 Å². The monoisotopic (exact) mass is 517 g/mol. The fourth-order valence-electron chi connectivity index (χ4n) is 5.17. The molecule has 3 amide bonds. The molecule has 2 aromatic rings. The lowest BCUT2D eigenvalue weighted by molar-refractivity contribution is -0.135. The van der Waals surface area contributed by atoms with Crippen LogP contribution < -0.4 is 10.1 Å². The number of fused-ring (bicyclic) bond motifs is 1. The largest absolute Gasteiger partial charge is 0.481 e. The van der Waals surface area contributed by atoms with Crippen molar-refractivity contribution in [3.8, 4) is 5.75 Å². The lowest BCUT2D eigenvalue weighted by Gasteiger charge is -2.35. The fourth-order valence-corrected chi connectivity index (χ4v) is 7.03. The van der Waals surface area contributed by atoms with Crippen LogP contribution in [0.1, 0.15) is 43.7 Å². The molecule has 194 valence electrons. The summed E-state index contributed by atoms with van der Waals surface area (Å²) in [7, 11) is -1.54. The number of hydrogen-bond acceptors (Lipinski definition) is 7. The average Bonchev–Trinajstić information content (AvgIpc) is 3.17. The molecule has 3 aliphatic rings. The molecule has 1 aromatic carbocycles. The Kier molecular flexibility index (Phi) is 6.73. The molecule has 3 heterocycles. The van der Waals surface area contributed by atoms with Gasteiger partial charge in [0.05, 0.1) is 17.4 Å². The van der Waals surface area contributed by atoms with Crippen molar-refractivity contribution >= 4 is 38.6 Å². The lowest BCUT2D eigenvalue weighted by Crippen LogP contribution is -2.52. The van der Waals surface area contributed by atoms with E-state index in [0.717, 1.165) is 24.6 Å². The molecular formula is C24H31N5O6S. The van der Waals surface area contributed by atoms with E-state index < -0.39 is 15.9 Å². The summed E-state index contributed by atoms with van der Waals surface area (Å²) in [5, 5.41) is 7.64. The minimum atomic E-state index is -3.28. The van der Waals surface area contributed by atoms with Crippen LogP contribution in [0.4, 0.5) is 0 Å². The molecular weight excluding hydrogens is 486 g/mol. The number of aryl methyl sites for hydroxylation is 1. The Bertz CT molecular complexity index is 1290. The van der Waals surface area contributed by atoms with Crippen molar-refractivity contribution in [2.24, 2.45) is 13.0 Å². The molecule has 1 aliphatic carbocycles. The van der Waals surface area contributed by atoms with Crippen molar-refractivity contribution in [1.82, 2.24) is 24.3 Å². The van der Waals surface area contributed by atoms with Gasteiger partial charge in [-0.3, -0.25) is 24.4 Å². The maximum absolute atomic E-state index is 12.8. The van der Waals surface area contributed by atoms with Gasteiger partial charge in [-0.15, -0.1) is 0 Å². The number of piperazine rings is 1. The van der Waals surface area contributed by atoms with Gasteiger partial charge in [0.15, 0.2) is 6.61 Å². The van der Waals surface area contributed by atoms with E-state index in [2.05, 4.69) is 10.4 Å². The maximum Gasteiger partial charge on any atom is 0.260 e. The first kappa shape index (κ1) is 24.7. The second kappa shape index (κ2) is 9.81. The minimum Gasteiger partial charge on any atom is -0.481 e. The number of nitrogens with zero attached hydrogens (tertiary/aromatic N) is 4. The Morgan fingerprint density at radius 3 is 2.56 bits per heavy atom. The fraction of sp³-hybridized carbons (Fsp3) is 0.583. The number of ether oxygens (including phenoxy) is 1. The van der Waals surface area contributed by atoms with Crippen molar-refractivity contribution in [3.63, 3.8) is 0 Å². The van der Waals surface area contributed by atoms with Crippen LogP contribution in [0.2, 0.25) is 0 Å². The SMILES string of the molecule is Cn1nc(C2CCC(=O)NC2=O)c2cccc(OCC(=O)N3CCN(S(=O)(=O)CC4CCC4)CC3)c21. The first-order valence-corrected chi connectivity index (χ1v) is 14.0. The number of carbonyl (C=O) groups is 3. The second-order valence-corrected chi connectivity index (χ2v) is 11.8. The molecule has 11 nitrogen and oxygen atoms in total. The van der Waals surface area contributed by atoms with Crippen LogP contribution >= 0.6 is 0 Å². The van der Waals surface area contributed by atoms with E-state index >= 15 is 0 Å². The van der Waals surface area contributed by atoms with Crippen LogP contribution in [-0.2, 0) is 31.5 Å². The zero-order valence-electron chi connectivity index (χ0n) is 20.3. The van der Waals surface area contributed by atoms with Gasteiger partial charge in [-0.25, -0.2) is 8.42 Å². The van der Waals surface area contributed by atoms with Gasteiger partial charge in [-0.1, -0.05) is 18.6 Å². The highest BCUT2D eigenvalue weighted by Crippen LogP contribution is 2.34. The third-order valence-electron chi connectivity index (χ3n) is 7.43. The van der Waals surface area contributed by atoms with E-state index in [0.29, 0.717) is 49.6 Å². The van der Waals surface area contributed by atoms with Crippen LogP contribution in [0.3, 0.4) is 0 Å². The minimum absolute atomic E-state index is 0.188. The summed E-state index contributed by atoms with van der Waals surface area (Å²) in [6.45, 7) is 1.08. The van der Waals surface area contributed by atoms with E-state index in [-0.39, 0.29) is 42.4 Å². The number of carbonyl (C=O) groups excluding carboxylic acids is 3. The predicted octanol–water partition coefficient (Wildman–Crippen LogP) is 0.746. The van der Waals surface area contributed by atoms with Crippen LogP contribution in [0, 0.1) is 5.92 Å². The van der Waals surface area contributed by atoms with Crippen molar-refractivity contribution in [2.75, 3.05) is 38.5 Å². The quantitative estimate of drug-likeness (QED) is 0.536. The number of sulfonamides is 1. The molecule has 1 saturated carbocycles. The molecule has 0 spiro atoms. The highest BCUT2D eigenvalue weighted by Gasteiger charge is 2.34. The number of hydrogen-bond donors (Lipinski definition) is 1. The Morgan fingerprint density at radius 2 is 1.89 bits per heavy atom. The Labute approximate surface area is 209 Å². The van der Waals surface area contributed by atoms with Crippen LogP contribution in [-0.4, -0.2) is 83.7 Å². The molecule has 1 unspecified atom stereocenters. The summed E-state index contributed by atoms with van der Waals surface area (Å²) >= 11 is 0. The summed E-state index contributed by atoms with van der Waals surface area (Å²) in [6, 6.07) is 5.38. The predicted molar refractivity (Wildman–Crippen MR) is 131 cm³/mol. The van der Waals surface area contributed by atoms with Crippen molar-refractivity contribution in [2.45, 2.75) is 38.0 Å². The highest BCUT2D eigenvalue weighted by molar-refractivity contribution is 7.89. The number of imide groups is 1. The summed E-state index contributed by atoms with van der Waals surface area (Å²) in [5.74, 6) is -0.433. The molecule has 2 saturated heterocycles. The third kappa shape index (κ3) is 4.83. The lowest BCUT2D eigenvalue weighted by atomic mass is 9.87. The van der Waals surface area contributed by atoms with Crippen LogP contribution in [0.5, 0.6) is 5.75 Å². The number of rotatable bonds is 7. The van der Waals surface area contributed by atoms with E-state index in [4.69, 9.17) is 4.74 Å². The molecule has 5 rings (SSSR count). The molecule has 1 N–H and O–H groups in total. The van der Waals surface area contributed by atoms with Gasteiger partial charge in [0, 0.05) is 45.0 Å². The molecule has 12 heteroatoms. The van der Waals surface area contributed by atoms with Gasteiger partial charge in [0.1, 0.15) is 11.3 Å². The van der Waals surface area contributed by atoms with Gasteiger partial charge in [0.2, 0.25) is 21.8 Å². The Hall–Kier alpha value is -2.99. The zero-order chi connectivity index (χ0) is 25.4. The zero-order valence-corrected chi connectivity index (χ0v) is 21.1. The molecule has 1 atom stereocenters. The molecule has 0 radical (unpaired) electrons. The third-order valence-corrected chi connectivity index (χ3v) is 9.48. The van der Waals surface area contributed by atoms with Gasteiger partial charge in [0.25, 0.3) is 5.91 Å². The number of piperidine rings is 1. The number of para-hydroxylation sites is 1. The number of aromatic nitrogens is 2. The number of nitrogens with one attached hydrogen (secondary N) is 1. The molecule has 2 aliphatic heterocycles. The number of amides is 3. The van der Waals surface area contributed by atoms with Gasteiger partial charge < -0.3 is 9.64 Å². The Morgan fingerprint density at radius 1 is 1.14 bits per heavy atom. The van der Waals surface area contributed by atoms with Gasteiger partial charge in [-0.05, 0) is 31.2 Å². The van der Waals surface area contributed by atoms with Crippen LogP contribution in [0.25, 0.3) is 10.9 Å². The molecule has 3 fully saturated rings.